The standard InChI is InChI=1S/C14H10Br2FNO2/c15-9-2-4-11(16)13(6-9)18-7-8-1-3-10(14(19)20)12(17)5-8/h1-6,18H,7H2,(H,19,20). The van der Waals surface area contributed by atoms with E-state index >= 15 is 0 Å². The van der Waals surface area contributed by atoms with E-state index < -0.39 is 11.8 Å². The highest BCUT2D eigenvalue weighted by Gasteiger charge is 2.10. The number of hydrogen-bond donors (Lipinski definition) is 2. The van der Waals surface area contributed by atoms with Crippen molar-refractivity contribution in [2.75, 3.05) is 5.32 Å². The van der Waals surface area contributed by atoms with Gasteiger partial charge in [0.1, 0.15) is 5.82 Å². The van der Waals surface area contributed by atoms with Crippen LogP contribution >= 0.6 is 31.9 Å². The zero-order valence-corrected chi connectivity index (χ0v) is 13.3. The van der Waals surface area contributed by atoms with Crippen LogP contribution in [0.4, 0.5) is 10.1 Å². The van der Waals surface area contributed by atoms with E-state index in [1.165, 1.54) is 12.1 Å². The summed E-state index contributed by atoms with van der Waals surface area (Å²) in [5.41, 5.74) is 1.21. The van der Waals surface area contributed by atoms with E-state index in [2.05, 4.69) is 37.2 Å². The molecule has 0 atom stereocenters. The maximum absolute atomic E-state index is 13.5. The van der Waals surface area contributed by atoms with Crippen LogP contribution in [-0.4, -0.2) is 11.1 Å². The van der Waals surface area contributed by atoms with E-state index in [1.54, 1.807) is 6.07 Å². The first-order chi connectivity index (χ1) is 9.47. The number of halogens is 3. The second-order valence-corrected chi connectivity index (χ2v) is 5.87. The monoisotopic (exact) mass is 401 g/mol. The second kappa shape index (κ2) is 6.37. The van der Waals surface area contributed by atoms with Crippen LogP contribution < -0.4 is 5.32 Å². The first-order valence-corrected chi connectivity index (χ1v) is 7.26. The lowest BCUT2D eigenvalue weighted by atomic mass is 10.1. The van der Waals surface area contributed by atoms with Crippen molar-refractivity contribution in [2.24, 2.45) is 0 Å². The molecule has 104 valence electrons. The molecular formula is C14H10Br2FNO2. The zero-order chi connectivity index (χ0) is 14.7. The van der Waals surface area contributed by atoms with Crippen LogP contribution in [-0.2, 0) is 6.54 Å². The first kappa shape index (κ1) is 15.0. The van der Waals surface area contributed by atoms with Gasteiger partial charge in [0, 0.05) is 21.2 Å². The number of carboxylic acid groups (broad SMARTS) is 1. The summed E-state index contributed by atoms with van der Waals surface area (Å²) in [7, 11) is 0. The van der Waals surface area contributed by atoms with Gasteiger partial charge in [-0.3, -0.25) is 0 Å². The molecule has 0 spiro atoms. The van der Waals surface area contributed by atoms with Gasteiger partial charge in [0.05, 0.1) is 5.56 Å². The molecule has 0 aliphatic carbocycles. The van der Waals surface area contributed by atoms with Crippen molar-refractivity contribution in [2.45, 2.75) is 6.54 Å². The molecule has 0 unspecified atom stereocenters. The van der Waals surface area contributed by atoms with Gasteiger partial charge in [0.25, 0.3) is 0 Å². The lowest BCUT2D eigenvalue weighted by molar-refractivity contribution is 0.0692. The third-order valence-corrected chi connectivity index (χ3v) is 3.86. The molecule has 0 amide bonds. The number of anilines is 1. The quantitative estimate of drug-likeness (QED) is 0.781. The molecule has 0 saturated heterocycles. The van der Waals surface area contributed by atoms with E-state index in [0.29, 0.717) is 12.1 Å². The molecule has 2 rings (SSSR count). The van der Waals surface area contributed by atoms with Crippen molar-refractivity contribution in [3.63, 3.8) is 0 Å². The van der Waals surface area contributed by atoms with Crippen molar-refractivity contribution in [3.8, 4) is 0 Å². The van der Waals surface area contributed by atoms with Gasteiger partial charge in [-0.1, -0.05) is 22.0 Å². The summed E-state index contributed by atoms with van der Waals surface area (Å²) in [6.45, 7) is 0.395. The van der Waals surface area contributed by atoms with Crippen LogP contribution in [0.15, 0.2) is 45.3 Å². The van der Waals surface area contributed by atoms with E-state index in [4.69, 9.17) is 5.11 Å². The SMILES string of the molecule is O=C(O)c1ccc(CNc2cc(Br)ccc2Br)cc1F. The van der Waals surface area contributed by atoms with Crippen LogP contribution in [0, 0.1) is 5.82 Å². The Morgan fingerprint density at radius 2 is 1.95 bits per heavy atom. The summed E-state index contributed by atoms with van der Waals surface area (Å²) in [6, 6.07) is 9.77. The minimum absolute atomic E-state index is 0.322. The highest BCUT2D eigenvalue weighted by atomic mass is 79.9. The largest absolute Gasteiger partial charge is 0.478 e. The summed E-state index contributed by atoms with van der Waals surface area (Å²) in [5.74, 6) is -2.00. The third kappa shape index (κ3) is 3.58. The molecule has 3 nitrogen and oxygen atoms in total. The number of rotatable bonds is 4. The summed E-state index contributed by atoms with van der Waals surface area (Å²) >= 11 is 6.79. The van der Waals surface area contributed by atoms with Crippen LogP contribution in [0.5, 0.6) is 0 Å². The second-order valence-electron chi connectivity index (χ2n) is 4.10. The van der Waals surface area contributed by atoms with Gasteiger partial charge in [-0.25, -0.2) is 9.18 Å². The highest BCUT2D eigenvalue weighted by Crippen LogP contribution is 2.26. The molecule has 0 saturated carbocycles. The Balaban J connectivity index is 2.13. The number of carbonyl (C=O) groups is 1. The van der Waals surface area contributed by atoms with Crippen molar-refractivity contribution in [1.29, 1.82) is 0 Å². The maximum Gasteiger partial charge on any atom is 0.338 e. The fourth-order valence-corrected chi connectivity index (χ4v) is 2.42. The van der Waals surface area contributed by atoms with Crippen molar-refractivity contribution < 1.29 is 14.3 Å². The van der Waals surface area contributed by atoms with Crippen LogP contribution in [0.2, 0.25) is 0 Å². The summed E-state index contributed by atoms with van der Waals surface area (Å²) < 4.78 is 15.4. The summed E-state index contributed by atoms with van der Waals surface area (Å²) in [4.78, 5) is 10.7. The van der Waals surface area contributed by atoms with Gasteiger partial charge in [0.15, 0.2) is 0 Å². The molecule has 6 heteroatoms. The molecule has 0 aliphatic rings. The molecule has 0 bridgehead atoms. The normalized spacial score (nSPS) is 10.3. The van der Waals surface area contributed by atoms with Gasteiger partial charge in [-0.2, -0.15) is 0 Å². The average Bonchev–Trinajstić information content (AvgIpc) is 2.39. The lowest BCUT2D eigenvalue weighted by Gasteiger charge is -2.10. The van der Waals surface area contributed by atoms with E-state index in [0.717, 1.165) is 14.6 Å². The van der Waals surface area contributed by atoms with Crippen LogP contribution in [0.25, 0.3) is 0 Å². The first-order valence-electron chi connectivity index (χ1n) is 5.68. The molecule has 0 radical (unpaired) electrons. The van der Waals surface area contributed by atoms with Crippen molar-refractivity contribution >= 4 is 43.5 Å². The van der Waals surface area contributed by atoms with Crippen molar-refractivity contribution in [1.82, 2.24) is 0 Å². The molecule has 2 aromatic rings. The predicted molar refractivity (Wildman–Crippen MR) is 82.5 cm³/mol. The molecular weight excluding hydrogens is 393 g/mol. The number of aromatic carboxylic acids is 1. The van der Waals surface area contributed by atoms with Gasteiger partial charge in [-0.15, -0.1) is 0 Å². The Morgan fingerprint density at radius 1 is 1.20 bits per heavy atom. The topological polar surface area (TPSA) is 49.3 Å². The molecule has 0 heterocycles. The minimum atomic E-state index is -1.27. The Labute approximate surface area is 132 Å². The number of benzene rings is 2. The minimum Gasteiger partial charge on any atom is -0.478 e. The molecule has 0 fully saturated rings. The fourth-order valence-electron chi connectivity index (χ4n) is 1.67. The zero-order valence-electron chi connectivity index (χ0n) is 10.2. The molecule has 0 aliphatic heterocycles. The van der Waals surface area contributed by atoms with Crippen LogP contribution in [0.3, 0.4) is 0 Å². The molecule has 20 heavy (non-hydrogen) atoms. The molecule has 2 N–H and O–H groups in total. The number of hydrogen-bond acceptors (Lipinski definition) is 2. The van der Waals surface area contributed by atoms with E-state index in [9.17, 15) is 9.18 Å². The predicted octanol–water partition coefficient (Wildman–Crippen LogP) is 4.66. The number of carboxylic acids is 1. The molecule has 0 aromatic heterocycles. The third-order valence-electron chi connectivity index (χ3n) is 2.68. The molecule has 2 aromatic carbocycles. The lowest BCUT2D eigenvalue weighted by Crippen LogP contribution is -2.04. The van der Waals surface area contributed by atoms with Gasteiger partial charge in [-0.05, 0) is 51.8 Å². The van der Waals surface area contributed by atoms with Crippen LogP contribution in [0.1, 0.15) is 15.9 Å². The van der Waals surface area contributed by atoms with E-state index in [1.807, 2.05) is 18.2 Å². The summed E-state index contributed by atoms with van der Waals surface area (Å²) in [5, 5.41) is 11.9. The maximum atomic E-state index is 13.5. The summed E-state index contributed by atoms with van der Waals surface area (Å²) in [6.07, 6.45) is 0. The Kier molecular flexibility index (Phi) is 4.77. The number of nitrogens with one attached hydrogen (secondary N) is 1. The van der Waals surface area contributed by atoms with Gasteiger partial charge < -0.3 is 10.4 Å². The van der Waals surface area contributed by atoms with Gasteiger partial charge >= 0.3 is 5.97 Å². The highest BCUT2D eigenvalue weighted by molar-refractivity contribution is 9.11. The van der Waals surface area contributed by atoms with Gasteiger partial charge in [0.2, 0.25) is 0 Å². The average molecular weight is 403 g/mol. The fraction of sp³-hybridized carbons (Fsp3) is 0.0714. The Hall–Kier alpha value is -1.40. The van der Waals surface area contributed by atoms with E-state index in [-0.39, 0.29) is 5.56 Å². The Morgan fingerprint density at radius 3 is 2.60 bits per heavy atom. The van der Waals surface area contributed by atoms with Crippen molar-refractivity contribution in [3.05, 3.63) is 62.3 Å². The smallest absolute Gasteiger partial charge is 0.338 e. The Bertz CT molecular complexity index is 662.